The van der Waals surface area contributed by atoms with Crippen molar-refractivity contribution in [2.45, 2.75) is 56.7 Å². The summed E-state index contributed by atoms with van der Waals surface area (Å²) in [7, 11) is 0. The molecule has 0 bridgehead atoms. The van der Waals surface area contributed by atoms with Gasteiger partial charge in [0.2, 0.25) is 0 Å². The lowest BCUT2D eigenvalue weighted by molar-refractivity contribution is 0.367. The molecule has 8 rings (SSSR count). The zero-order chi connectivity index (χ0) is 64.2. The lowest BCUT2D eigenvalue weighted by atomic mass is 10.0. The second kappa shape index (κ2) is 33.3. The second-order valence-corrected chi connectivity index (χ2v) is 24.7. The van der Waals surface area contributed by atoms with Gasteiger partial charge in [0.25, 0.3) is 0 Å². The summed E-state index contributed by atoms with van der Waals surface area (Å²) in [6.07, 6.45) is 10.8. The van der Waals surface area contributed by atoms with Crippen molar-refractivity contribution in [1.82, 2.24) is 16.0 Å². The molecular formula is C63H63BrN4O14S6. The van der Waals surface area contributed by atoms with Crippen LogP contribution in [0.1, 0.15) is 75.0 Å². The molecule has 0 aromatic heterocycles. The maximum Gasteiger partial charge on any atom is 0.200 e. The SMILES string of the molecule is CCC(NC(=S)/C=C/c1ccc(O)c(O)c1Br)c1cc(C)c(O)c(O)c1.Oc1cc(CNC(=S)/C=C/c2cc(O)c(O)c(CSC3=NCCS3)c2)cc(O)c1O.Oc1cc(CNC(=S)/C=C/c2cc(O)c(O)c(CSCc3ccccc3)c2)cc(O)c1O. The van der Waals surface area contributed by atoms with Crippen LogP contribution in [0.4, 0.5) is 0 Å². The summed E-state index contributed by atoms with van der Waals surface area (Å²) >= 11 is 23.9. The van der Waals surface area contributed by atoms with Gasteiger partial charge in [-0.15, -0.1) is 0 Å². The topological polar surface area (TPSA) is 332 Å². The van der Waals surface area contributed by atoms with E-state index in [0.29, 0.717) is 75.5 Å². The zero-order valence-corrected chi connectivity index (χ0v) is 53.5. The summed E-state index contributed by atoms with van der Waals surface area (Å²) in [6.45, 7) is 4.97. The van der Waals surface area contributed by atoms with Crippen LogP contribution >= 0.6 is 87.9 Å². The van der Waals surface area contributed by atoms with Crippen molar-refractivity contribution in [3.05, 3.63) is 181 Å². The van der Waals surface area contributed by atoms with Gasteiger partial charge in [-0.3, -0.25) is 4.99 Å². The monoisotopic (exact) mass is 1370 g/mol. The smallest absolute Gasteiger partial charge is 0.200 e. The Morgan fingerprint density at radius 3 is 1.55 bits per heavy atom. The van der Waals surface area contributed by atoms with E-state index in [-0.39, 0.29) is 65.1 Å². The lowest BCUT2D eigenvalue weighted by Crippen LogP contribution is -2.25. The van der Waals surface area contributed by atoms with E-state index in [2.05, 4.69) is 36.9 Å². The third-order valence-corrected chi connectivity index (χ3v) is 17.7. The Morgan fingerprint density at radius 1 is 0.545 bits per heavy atom. The van der Waals surface area contributed by atoms with Crippen LogP contribution in [0.3, 0.4) is 0 Å². The van der Waals surface area contributed by atoms with E-state index >= 15 is 0 Å². The minimum absolute atomic E-state index is 0.122. The Hall–Kier alpha value is -8.17. The summed E-state index contributed by atoms with van der Waals surface area (Å²) < 4.78 is 1.36. The van der Waals surface area contributed by atoms with Gasteiger partial charge in [0, 0.05) is 47.2 Å². The standard InChI is InChI=1S/C24H23NO5S2.C20H20N2O5S3.C19H20BrNO4S/c26-19-9-16(8-18(23(19)29)14-32-13-15-4-2-1-3-5-15)6-7-22(31)25-12-17-10-20(27)24(30)21(28)11-17;23-14-6-11(5-13(18(14)26)10-30-20-21-3-4-29-20)1-2-17(28)22-9-12-7-15(24)19(27)16(25)8-12;1-3-13(12-8-10(2)18(24)15(23)9-12)21-16(26)7-5-11-4-6-14(22)19(25)17(11)20/h1-11,26-30H,12-14H2,(H,25,31);1-2,5-8,23-27H,3-4,9-10H2,(H,22,28);4-9,13,22-25H,3H2,1-2H3,(H,21,26)/b7-6+;2-1+;7-5+. The number of halogens is 1. The van der Waals surface area contributed by atoms with Crippen molar-refractivity contribution in [3.63, 3.8) is 0 Å². The van der Waals surface area contributed by atoms with E-state index in [1.807, 2.05) is 37.3 Å². The number of hydrogen-bond donors (Lipinski definition) is 17. The highest BCUT2D eigenvalue weighted by atomic mass is 79.9. The molecule has 7 aromatic rings. The van der Waals surface area contributed by atoms with E-state index in [4.69, 9.17) is 36.7 Å². The first kappa shape index (κ1) is 68.9. The molecule has 0 fully saturated rings. The maximum absolute atomic E-state index is 10.2. The van der Waals surface area contributed by atoms with Crippen LogP contribution in [0, 0.1) is 6.92 Å². The van der Waals surface area contributed by atoms with Crippen LogP contribution in [0.5, 0.6) is 80.5 Å². The number of thioether (sulfide) groups is 3. The average Bonchev–Trinajstić information content (AvgIpc) is 3.41. The number of nitrogens with zero attached hydrogens (tertiary/aromatic N) is 1. The number of aromatic hydroxyl groups is 14. The highest BCUT2D eigenvalue weighted by Crippen LogP contribution is 2.40. The molecule has 0 saturated carbocycles. The Kier molecular flexibility index (Phi) is 26.1. The van der Waals surface area contributed by atoms with Crippen molar-refractivity contribution < 1.29 is 71.5 Å². The summed E-state index contributed by atoms with van der Waals surface area (Å²) in [4.78, 5) is 5.62. The third-order valence-electron chi connectivity index (χ3n) is 12.7. The fourth-order valence-electron chi connectivity index (χ4n) is 8.07. The van der Waals surface area contributed by atoms with Gasteiger partial charge in [-0.2, -0.15) is 11.8 Å². The molecule has 18 nitrogen and oxygen atoms in total. The van der Waals surface area contributed by atoms with E-state index in [9.17, 15) is 71.5 Å². The fourth-order valence-corrected chi connectivity index (χ4v) is 12.0. The number of phenols is 14. The molecule has 0 radical (unpaired) electrons. The van der Waals surface area contributed by atoms with E-state index < -0.39 is 34.5 Å². The first-order chi connectivity index (χ1) is 41.9. The van der Waals surface area contributed by atoms with Crippen molar-refractivity contribution in [3.8, 4) is 80.5 Å². The van der Waals surface area contributed by atoms with Crippen molar-refractivity contribution in [2.24, 2.45) is 4.99 Å². The predicted octanol–water partition coefficient (Wildman–Crippen LogP) is 13.1. The van der Waals surface area contributed by atoms with Crippen molar-refractivity contribution in [1.29, 1.82) is 0 Å². The molecule has 1 heterocycles. The van der Waals surface area contributed by atoms with Gasteiger partial charge in [-0.05, 0) is 159 Å². The first-order valence-electron chi connectivity index (χ1n) is 26.5. The number of rotatable bonds is 19. The Bertz CT molecular complexity index is 3730. The molecule has 88 heavy (non-hydrogen) atoms. The maximum atomic E-state index is 10.2. The Balaban J connectivity index is 0.000000212. The number of thiocarbonyl (C=S) groups is 3. The highest BCUT2D eigenvalue weighted by Gasteiger charge is 2.17. The molecule has 17 N–H and O–H groups in total. The molecule has 1 aliphatic heterocycles. The predicted molar refractivity (Wildman–Crippen MR) is 367 cm³/mol. The Labute approximate surface area is 544 Å². The van der Waals surface area contributed by atoms with Gasteiger partial charge in [0.05, 0.1) is 32.0 Å². The number of phenolic OH excluding ortho intramolecular Hbond substituents is 14. The average molecular weight is 1370 g/mol. The number of aryl methyl sites for hydroxylation is 1. The zero-order valence-electron chi connectivity index (χ0n) is 47.0. The molecule has 462 valence electrons. The molecule has 25 heteroatoms. The van der Waals surface area contributed by atoms with Gasteiger partial charge in [-0.25, -0.2) is 0 Å². The molecule has 1 unspecified atom stereocenters. The van der Waals surface area contributed by atoms with Gasteiger partial charge < -0.3 is 87.4 Å². The van der Waals surface area contributed by atoms with Crippen LogP contribution in [0.15, 0.2) is 131 Å². The van der Waals surface area contributed by atoms with Crippen LogP contribution in [0.25, 0.3) is 18.2 Å². The number of hydrogen-bond acceptors (Lipinski definition) is 21. The van der Waals surface area contributed by atoms with Crippen LogP contribution in [-0.2, 0) is 30.3 Å². The largest absolute Gasteiger partial charge is 0.504 e. The van der Waals surface area contributed by atoms with Crippen LogP contribution < -0.4 is 16.0 Å². The van der Waals surface area contributed by atoms with Crippen molar-refractivity contribution >= 4 is 125 Å². The Morgan fingerprint density at radius 2 is 1.05 bits per heavy atom. The third kappa shape index (κ3) is 20.5. The molecular weight excluding hydrogens is 1310 g/mol. The lowest BCUT2D eigenvalue weighted by Gasteiger charge is -2.19. The van der Waals surface area contributed by atoms with Crippen LogP contribution in [0.2, 0.25) is 0 Å². The van der Waals surface area contributed by atoms with E-state index in [1.54, 1.807) is 91.2 Å². The van der Waals surface area contributed by atoms with Crippen molar-refractivity contribution in [2.75, 3.05) is 12.3 Å². The molecule has 1 aliphatic rings. The minimum Gasteiger partial charge on any atom is -0.504 e. The summed E-state index contributed by atoms with van der Waals surface area (Å²) in [5.41, 5.74) is 6.90. The summed E-state index contributed by atoms with van der Waals surface area (Å²) in [5, 5.41) is 145. The van der Waals surface area contributed by atoms with Crippen LogP contribution in [-0.4, -0.2) is 103 Å². The number of benzene rings is 7. The van der Waals surface area contributed by atoms with E-state index in [1.165, 1.54) is 65.9 Å². The van der Waals surface area contributed by atoms with Gasteiger partial charge >= 0.3 is 0 Å². The van der Waals surface area contributed by atoms with E-state index in [0.717, 1.165) is 34.4 Å². The molecule has 0 amide bonds. The van der Waals surface area contributed by atoms with Gasteiger partial charge in [0.1, 0.15) is 4.38 Å². The highest BCUT2D eigenvalue weighted by molar-refractivity contribution is 9.10. The second-order valence-electron chi connectivity index (χ2n) is 19.3. The summed E-state index contributed by atoms with van der Waals surface area (Å²) in [6, 6.07) is 28.0. The summed E-state index contributed by atoms with van der Waals surface area (Å²) in [5.74, 6) is -1.42. The molecule has 0 aliphatic carbocycles. The quantitative estimate of drug-likeness (QED) is 0.0203. The molecule has 0 saturated heterocycles. The molecule has 1 atom stereocenters. The number of nitrogens with one attached hydrogen (secondary N) is 3. The normalized spacial score (nSPS) is 12.2. The van der Waals surface area contributed by atoms with Gasteiger partial charge in [0.15, 0.2) is 80.5 Å². The first-order valence-corrected chi connectivity index (χ1v) is 31.7. The number of aliphatic imine (C=N–C) groups is 1. The molecule has 0 spiro atoms. The fraction of sp³-hybridized carbons (Fsp3) is 0.175. The minimum atomic E-state index is -0.569. The van der Waals surface area contributed by atoms with Gasteiger partial charge in [-0.1, -0.05) is 122 Å². The molecule has 7 aromatic carbocycles.